The Balaban J connectivity index is 1.38. The van der Waals surface area contributed by atoms with Gasteiger partial charge in [-0.2, -0.15) is 18.2 Å². The number of aromatic nitrogens is 2. The van der Waals surface area contributed by atoms with Gasteiger partial charge in [-0.3, -0.25) is 4.79 Å². The van der Waals surface area contributed by atoms with Crippen LogP contribution in [0.2, 0.25) is 5.02 Å². The number of likely N-dealkylation sites (N-methyl/N-ethyl adjacent to an activating group) is 1. The van der Waals surface area contributed by atoms with E-state index in [4.69, 9.17) is 21.1 Å². The molecule has 2 N–H and O–H groups in total. The molecule has 1 unspecified atom stereocenters. The molecular formula is C27H28ClF3N6O3. The van der Waals surface area contributed by atoms with Gasteiger partial charge in [0.1, 0.15) is 18.7 Å². The normalized spacial score (nSPS) is 17.4. The number of rotatable bonds is 6. The van der Waals surface area contributed by atoms with Crippen LogP contribution >= 0.6 is 11.6 Å². The molecule has 1 atom stereocenters. The van der Waals surface area contributed by atoms with Crippen LogP contribution in [0, 0.1) is 0 Å². The smallest absolute Gasteiger partial charge is 0.416 e. The lowest BCUT2D eigenvalue weighted by Gasteiger charge is -2.34. The molecule has 1 amide bonds. The van der Waals surface area contributed by atoms with E-state index in [1.54, 1.807) is 6.07 Å². The Morgan fingerprint density at radius 3 is 2.67 bits per heavy atom. The highest BCUT2D eigenvalue weighted by Gasteiger charge is 2.32. The summed E-state index contributed by atoms with van der Waals surface area (Å²) in [7, 11) is 1.96. The van der Waals surface area contributed by atoms with Crippen molar-refractivity contribution in [3.05, 3.63) is 58.9 Å². The molecule has 1 aromatic heterocycles. The second kappa shape index (κ2) is 11.4. The maximum Gasteiger partial charge on any atom is 0.416 e. The average molecular weight is 577 g/mol. The highest BCUT2D eigenvalue weighted by Crippen LogP contribution is 2.40. The van der Waals surface area contributed by atoms with Crippen molar-refractivity contribution < 1.29 is 27.4 Å². The van der Waals surface area contributed by atoms with Gasteiger partial charge in [0.25, 0.3) is 11.8 Å². The number of hydrogen-bond donors (Lipinski definition) is 2. The summed E-state index contributed by atoms with van der Waals surface area (Å²) < 4.78 is 52.8. The first-order chi connectivity index (χ1) is 19.1. The summed E-state index contributed by atoms with van der Waals surface area (Å²) in [6, 6.07) is 7.99. The van der Waals surface area contributed by atoms with Crippen LogP contribution in [0.3, 0.4) is 0 Å². The van der Waals surface area contributed by atoms with Gasteiger partial charge in [-0.1, -0.05) is 18.5 Å². The number of benzene rings is 2. The number of nitrogens with one attached hydrogen (secondary N) is 2. The van der Waals surface area contributed by atoms with Crippen molar-refractivity contribution in [1.29, 1.82) is 0 Å². The van der Waals surface area contributed by atoms with Crippen molar-refractivity contribution in [3.63, 3.8) is 0 Å². The maximum absolute atomic E-state index is 13.7. The van der Waals surface area contributed by atoms with E-state index in [0.717, 1.165) is 31.6 Å². The van der Waals surface area contributed by atoms with E-state index in [0.29, 0.717) is 37.0 Å². The van der Waals surface area contributed by atoms with Crippen LogP contribution in [0.25, 0.3) is 0 Å². The monoisotopic (exact) mass is 576 g/mol. The van der Waals surface area contributed by atoms with E-state index in [1.807, 2.05) is 18.9 Å². The zero-order valence-electron chi connectivity index (χ0n) is 21.9. The highest BCUT2D eigenvalue weighted by atomic mass is 35.5. The van der Waals surface area contributed by atoms with Crippen LogP contribution in [0.1, 0.15) is 29.3 Å². The lowest BCUT2D eigenvalue weighted by atomic mass is 10.1. The van der Waals surface area contributed by atoms with Crippen molar-refractivity contribution in [2.24, 2.45) is 0 Å². The van der Waals surface area contributed by atoms with Crippen LogP contribution in [-0.2, 0) is 6.18 Å². The molecule has 0 saturated carbocycles. The van der Waals surface area contributed by atoms with Gasteiger partial charge in [0.05, 0.1) is 16.6 Å². The van der Waals surface area contributed by atoms with E-state index < -0.39 is 17.6 Å². The molecule has 3 aromatic rings. The third-order valence-electron chi connectivity index (χ3n) is 6.81. The van der Waals surface area contributed by atoms with Gasteiger partial charge < -0.3 is 29.9 Å². The number of amides is 1. The van der Waals surface area contributed by atoms with Crippen LogP contribution in [0.5, 0.6) is 17.4 Å². The Morgan fingerprint density at radius 2 is 1.95 bits per heavy atom. The van der Waals surface area contributed by atoms with Gasteiger partial charge in [-0.15, -0.1) is 0 Å². The highest BCUT2D eigenvalue weighted by molar-refractivity contribution is 6.32. The first-order valence-corrected chi connectivity index (χ1v) is 13.2. The largest absolute Gasteiger partial charge is 0.483 e. The van der Waals surface area contributed by atoms with Crippen molar-refractivity contribution in [1.82, 2.24) is 14.9 Å². The number of carbonyl (C=O) groups excluding carboxylic acids is 1. The maximum atomic E-state index is 13.7. The zero-order chi connectivity index (χ0) is 28.4. The van der Waals surface area contributed by atoms with Crippen molar-refractivity contribution in [3.8, 4) is 17.4 Å². The number of carbonyl (C=O) groups is 1. The third-order valence-corrected chi connectivity index (χ3v) is 7.12. The average Bonchev–Trinajstić information content (AvgIpc) is 2.93. The van der Waals surface area contributed by atoms with Crippen LogP contribution in [-0.4, -0.2) is 66.7 Å². The van der Waals surface area contributed by atoms with E-state index >= 15 is 0 Å². The molecule has 40 heavy (non-hydrogen) atoms. The third kappa shape index (κ3) is 6.18. The van der Waals surface area contributed by atoms with Crippen molar-refractivity contribution in [2.75, 3.05) is 55.4 Å². The number of piperazine rings is 1. The molecule has 0 aliphatic carbocycles. The number of nitrogens with zero attached hydrogens (tertiary/aromatic N) is 4. The Bertz CT molecular complexity index is 1400. The van der Waals surface area contributed by atoms with Crippen LogP contribution in [0.15, 0.2) is 42.7 Å². The lowest BCUT2D eigenvalue weighted by Crippen LogP contribution is -2.44. The molecule has 1 fully saturated rings. The van der Waals surface area contributed by atoms with Gasteiger partial charge in [0.15, 0.2) is 5.82 Å². The van der Waals surface area contributed by atoms with Crippen LogP contribution < -0.4 is 25.0 Å². The second-order valence-corrected chi connectivity index (χ2v) is 10.1. The Labute approximate surface area is 234 Å². The number of ether oxygens (including phenoxy) is 2. The molecule has 13 heteroatoms. The van der Waals surface area contributed by atoms with Gasteiger partial charge in [-0.25, -0.2) is 4.98 Å². The van der Waals surface area contributed by atoms with E-state index in [9.17, 15) is 18.0 Å². The molecule has 2 aromatic carbocycles. The lowest BCUT2D eigenvalue weighted by molar-refractivity contribution is -0.137. The standard InChI is InChI=1S/C27H28ClF3N6O3/c1-3-18-14-39-23-24(34-18)32-15-33-26(23)40-22-10-16(4-5-21(22)28)25(38)35-19-11-17(27(29,30)31)12-20(13-19)37-8-6-36(2)7-9-37/h4-5,10-13,15,18H,3,6-9,14H2,1-2H3,(H,35,38)(H,32,33,34). The van der Waals surface area contributed by atoms with E-state index in [1.165, 1.54) is 24.5 Å². The molecule has 5 rings (SSSR count). The van der Waals surface area contributed by atoms with Crippen LogP contribution in [0.4, 0.5) is 30.4 Å². The molecule has 2 aliphatic heterocycles. The fourth-order valence-electron chi connectivity index (χ4n) is 4.43. The Hall–Kier alpha value is -3.77. The van der Waals surface area contributed by atoms with Gasteiger partial charge in [0.2, 0.25) is 5.75 Å². The molecule has 212 valence electrons. The van der Waals surface area contributed by atoms with Gasteiger partial charge in [0, 0.05) is 43.1 Å². The summed E-state index contributed by atoms with van der Waals surface area (Å²) in [6.45, 7) is 5.02. The topological polar surface area (TPSA) is 91.8 Å². The minimum Gasteiger partial charge on any atom is -0.483 e. The number of alkyl halides is 3. The first-order valence-electron chi connectivity index (χ1n) is 12.8. The minimum absolute atomic E-state index is 0.0287. The number of hydrogen-bond acceptors (Lipinski definition) is 8. The van der Waals surface area contributed by atoms with E-state index in [2.05, 4.69) is 25.5 Å². The molecule has 2 aliphatic rings. The molecule has 3 heterocycles. The predicted octanol–water partition coefficient (Wildman–Crippen LogP) is 5.53. The van der Waals surface area contributed by atoms with E-state index in [-0.39, 0.29) is 33.9 Å². The summed E-state index contributed by atoms with van der Waals surface area (Å²) in [6.07, 6.45) is -2.42. The molecule has 0 bridgehead atoms. The molecular weight excluding hydrogens is 549 g/mol. The number of fused-ring (bicyclic) bond motifs is 1. The summed E-state index contributed by atoms with van der Waals surface area (Å²) in [5.74, 6) is 0.408. The Kier molecular flexibility index (Phi) is 7.90. The van der Waals surface area contributed by atoms with Gasteiger partial charge in [-0.05, 0) is 49.9 Å². The fraction of sp³-hybridized carbons (Fsp3) is 0.370. The summed E-state index contributed by atoms with van der Waals surface area (Å²) in [5.41, 5.74) is -0.287. The summed E-state index contributed by atoms with van der Waals surface area (Å²) in [5, 5.41) is 6.05. The number of halogens is 4. The Morgan fingerprint density at radius 1 is 1.18 bits per heavy atom. The molecule has 0 radical (unpaired) electrons. The number of anilines is 3. The first kappa shape index (κ1) is 27.8. The fourth-order valence-corrected chi connectivity index (χ4v) is 4.58. The quantitative estimate of drug-likeness (QED) is 0.396. The van der Waals surface area contributed by atoms with Crippen molar-refractivity contribution >= 4 is 34.7 Å². The molecule has 1 saturated heterocycles. The van der Waals surface area contributed by atoms with Crippen molar-refractivity contribution in [2.45, 2.75) is 25.6 Å². The molecule has 9 nitrogen and oxygen atoms in total. The predicted molar refractivity (Wildman–Crippen MR) is 146 cm³/mol. The minimum atomic E-state index is -4.58. The summed E-state index contributed by atoms with van der Waals surface area (Å²) in [4.78, 5) is 25.5. The SMILES string of the molecule is CCC1COc2c(ncnc2Oc2cc(C(=O)Nc3cc(N4CCN(C)CC4)cc(C(F)(F)F)c3)ccc2Cl)N1. The van der Waals surface area contributed by atoms with Gasteiger partial charge >= 0.3 is 6.18 Å². The summed E-state index contributed by atoms with van der Waals surface area (Å²) >= 11 is 6.34. The zero-order valence-corrected chi connectivity index (χ0v) is 22.6. The molecule has 0 spiro atoms. The second-order valence-electron chi connectivity index (χ2n) is 9.68.